The fourth-order valence-corrected chi connectivity index (χ4v) is 8.00. The lowest BCUT2D eigenvalue weighted by molar-refractivity contribution is -0.228. The summed E-state index contributed by atoms with van der Waals surface area (Å²) < 4.78 is 93.0. The van der Waals surface area contributed by atoms with Gasteiger partial charge in [0.1, 0.15) is 15.7 Å². The summed E-state index contributed by atoms with van der Waals surface area (Å²) in [6, 6.07) is 9.63. The minimum atomic E-state index is -5.09. The van der Waals surface area contributed by atoms with Gasteiger partial charge in [0, 0.05) is 42.7 Å². The molecule has 0 N–H and O–H groups in total. The van der Waals surface area contributed by atoms with Crippen molar-refractivity contribution in [3.05, 3.63) is 65.0 Å². The number of benzene rings is 2. The summed E-state index contributed by atoms with van der Waals surface area (Å²) in [7, 11) is -1.44. The molecule has 3 unspecified atom stereocenters. The van der Waals surface area contributed by atoms with Crippen molar-refractivity contribution < 1.29 is 35.2 Å². The molecule has 3 aliphatic heterocycles. The average Bonchev–Trinajstić information content (AvgIpc) is 3.23. The molecule has 2 aromatic rings. The first kappa shape index (κ1) is 27.9. The van der Waals surface area contributed by atoms with Gasteiger partial charge in [-0.15, -0.1) is 0 Å². The van der Waals surface area contributed by atoms with Crippen molar-refractivity contribution in [1.29, 1.82) is 0 Å². The predicted molar refractivity (Wildman–Crippen MR) is 138 cm³/mol. The molecule has 1 amide bonds. The molecule has 5 rings (SSSR count). The molecule has 2 saturated heterocycles. The second kappa shape index (κ2) is 9.45. The Morgan fingerprint density at radius 3 is 2.31 bits per heavy atom. The van der Waals surface area contributed by atoms with E-state index >= 15 is 0 Å². The number of hydrogen-bond acceptors (Lipinski definition) is 4. The van der Waals surface area contributed by atoms with Crippen LogP contribution >= 0.6 is 0 Å². The third-order valence-corrected chi connectivity index (χ3v) is 10.6. The highest BCUT2D eigenvalue weighted by Gasteiger charge is 2.57. The standard InChI is InChI=1S/C28H31F5N2O3S/c1-26(30,28(31,32)33)20-5-8-22-23(15-20)34(2)17-24-27(22,16-18-3-6-21(29)7-4-18)11-12-35(24)25(36)19-9-13-39(37,38)14-10-19/h3-8,15,19,24H,9-14,16-17H2,1-2H3. The molecule has 0 radical (unpaired) electrons. The van der Waals surface area contributed by atoms with Gasteiger partial charge in [-0.3, -0.25) is 4.79 Å². The molecule has 2 fully saturated rings. The van der Waals surface area contributed by atoms with E-state index in [2.05, 4.69) is 0 Å². The number of nitrogens with zero attached hydrogens (tertiary/aromatic N) is 2. The number of likely N-dealkylation sites (N-methyl/N-ethyl adjacent to an activating group) is 1. The Hall–Kier alpha value is -2.69. The number of anilines is 1. The number of rotatable bonds is 4. The fraction of sp³-hybridized carbons (Fsp3) is 0.536. The van der Waals surface area contributed by atoms with Crippen molar-refractivity contribution in [2.75, 3.05) is 36.5 Å². The molecule has 3 aliphatic rings. The SMILES string of the molecule is CN1CC2N(C(=O)C3CCS(=O)(=O)CC3)CCC2(Cc2ccc(F)cc2)c2ccc(C(C)(F)C(F)(F)F)cc21. The van der Waals surface area contributed by atoms with Crippen LogP contribution in [0.4, 0.5) is 27.6 Å². The molecule has 0 saturated carbocycles. The molecule has 0 aromatic heterocycles. The van der Waals surface area contributed by atoms with Crippen LogP contribution in [0, 0.1) is 11.7 Å². The van der Waals surface area contributed by atoms with E-state index in [0.717, 1.165) is 5.56 Å². The van der Waals surface area contributed by atoms with E-state index in [4.69, 9.17) is 0 Å². The number of likely N-dealkylation sites (tertiary alicyclic amines) is 1. The highest BCUT2D eigenvalue weighted by atomic mass is 32.2. The topological polar surface area (TPSA) is 57.7 Å². The zero-order valence-corrected chi connectivity index (χ0v) is 22.6. The van der Waals surface area contributed by atoms with Gasteiger partial charge in [0.25, 0.3) is 0 Å². The van der Waals surface area contributed by atoms with Crippen molar-refractivity contribution >= 4 is 21.4 Å². The molecular formula is C28H31F5N2O3S. The summed E-state index contributed by atoms with van der Waals surface area (Å²) >= 11 is 0. The van der Waals surface area contributed by atoms with Gasteiger partial charge in [-0.1, -0.05) is 24.3 Å². The Labute approximate surface area is 224 Å². The van der Waals surface area contributed by atoms with Gasteiger partial charge in [0.15, 0.2) is 0 Å². The second-order valence-corrected chi connectivity index (χ2v) is 13.6. The van der Waals surface area contributed by atoms with E-state index < -0.39 is 44.4 Å². The lowest BCUT2D eigenvalue weighted by Crippen LogP contribution is -2.56. The maximum atomic E-state index is 14.9. The van der Waals surface area contributed by atoms with E-state index in [1.54, 1.807) is 35.0 Å². The van der Waals surface area contributed by atoms with Crippen LogP contribution in [0.15, 0.2) is 42.5 Å². The number of carbonyl (C=O) groups excluding carboxylic acids is 1. The minimum Gasteiger partial charge on any atom is -0.372 e. The molecule has 0 aliphatic carbocycles. The minimum absolute atomic E-state index is 0.0324. The zero-order valence-electron chi connectivity index (χ0n) is 21.8. The van der Waals surface area contributed by atoms with Gasteiger partial charge in [-0.25, -0.2) is 17.2 Å². The Balaban J connectivity index is 1.56. The molecule has 39 heavy (non-hydrogen) atoms. The Bertz CT molecular complexity index is 1360. The first-order chi connectivity index (χ1) is 18.1. The van der Waals surface area contributed by atoms with Crippen LogP contribution in [0.5, 0.6) is 0 Å². The lowest BCUT2D eigenvalue weighted by atomic mass is 9.67. The van der Waals surface area contributed by atoms with Crippen molar-refractivity contribution in [3.8, 4) is 0 Å². The molecule has 11 heteroatoms. The van der Waals surface area contributed by atoms with E-state index in [-0.39, 0.29) is 36.3 Å². The summed E-state index contributed by atoms with van der Waals surface area (Å²) in [6.07, 6.45) is -3.65. The van der Waals surface area contributed by atoms with Crippen LogP contribution < -0.4 is 4.90 Å². The lowest BCUT2D eigenvalue weighted by Gasteiger charge is -2.48. The Kier molecular flexibility index (Phi) is 6.75. The number of alkyl halides is 4. The normalized spacial score (nSPS) is 26.6. The van der Waals surface area contributed by atoms with Gasteiger partial charge < -0.3 is 9.80 Å². The maximum absolute atomic E-state index is 14.9. The van der Waals surface area contributed by atoms with Gasteiger partial charge in [0.05, 0.1) is 17.5 Å². The smallest absolute Gasteiger partial charge is 0.372 e. The molecule has 2 aromatic carbocycles. The average molecular weight is 571 g/mol. The van der Waals surface area contributed by atoms with E-state index in [9.17, 15) is 35.2 Å². The summed E-state index contributed by atoms with van der Waals surface area (Å²) in [6.45, 7) is 1.21. The van der Waals surface area contributed by atoms with E-state index in [1.165, 1.54) is 24.3 Å². The fourth-order valence-electron chi connectivity index (χ4n) is 6.51. The summed E-state index contributed by atoms with van der Waals surface area (Å²) in [4.78, 5) is 17.3. The highest BCUT2D eigenvalue weighted by molar-refractivity contribution is 7.91. The largest absolute Gasteiger partial charge is 0.426 e. The molecule has 0 spiro atoms. The third-order valence-electron chi connectivity index (χ3n) is 8.90. The third kappa shape index (κ3) is 4.80. The number of sulfone groups is 1. The molecular weight excluding hydrogens is 539 g/mol. The van der Waals surface area contributed by atoms with Crippen molar-refractivity contribution in [2.45, 2.75) is 55.9 Å². The Morgan fingerprint density at radius 1 is 1.05 bits per heavy atom. The van der Waals surface area contributed by atoms with Gasteiger partial charge in [0.2, 0.25) is 11.6 Å². The van der Waals surface area contributed by atoms with Crippen LogP contribution in [0.2, 0.25) is 0 Å². The second-order valence-electron chi connectivity index (χ2n) is 11.3. The van der Waals surface area contributed by atoms with Crippen LogP contribution in [-0.2, 0) is 32.1 Å². The van der Waals surface area contributed by atoms with E-state index in [1.807, 2.05) is 0 Å². The molecule has 212 valence electrons. The molecule has 5 nitrogen and oxygen atoms in total. The first-order valence-electron chi connectivity index (χ1n) is 13.0. The number of carbonyl (C=O) groups is 1. The van der Waals surface area contributed by atoms with E-state index in [0.29, 0.717) is 44.1 Å². The summed E-state index contributed by atoms with van der Waals surface area (Å²) in [5, 5.41) is 0. The maximum Gasteiger partial charge on any atom is 0.426 e. The van der Waals surface area contributed by atoms with Crippen molar-refractivity contribution in [3.63, 3.8) is 0 Å². The van der Waals surface area contributed by atoms with Gasteiger partial charge >= 0.3 is 6.18 Å². The first-order valence-corrected chi connectivity index (χ1v) is 14.8. The number of hydrogen-bond donors (Lipinski definition) is 0. The predicted octanol–water partition coefficient (Wildman–Crippen LogP) is 4.93. The van der Waals surface area contributed by atoms with Crippen LogP contribution in [-0.4, -0.2) is 63.1 Å². The van der Waals surface area contributed by atoms with Crippen LogP contribution in [0.25, 0.3) is 0 Å². The number of halogens is 5. The monoisotopic (exact) mass is 570 g/mol. The van der Waals surface area contributed by atoms with Crippen molar-refractivity contribution in [1.82, 2.24) is 4.90 Å². The molecule has 3 atom stereocenters. The summed E-state index contributed by atoms with van der Waals surface area (Å²) in [5.41, 5.74) is -2.73. The van der Waals surface area contributed by atoms with Gasteiger partial charge in [-0.05, 0) is 61.9 Å². The number of fused-ring (bicyclic) bond motifs is 3. The molecule has 0 bridgehead atoms. The molecule has 3 heterocycles. The summed E-state index contributed by atoms with van der Waals surface area (Å²) in [5.74, 6) is -0.989. The zero-order chi connectivity index (χ0) is 28.4. The number of amides is 1. The van der Waals surface area contributed by atoms with Crippen LogP contribution in [0.3, 0.4) is 0 Å². The quantitative estimate of drug-likeness (QED) is 0.490. The van der Waals surface area contributed by atoms with Crippen LogP contribution in [0.1, 0.15) is 42.9 Å². The highest BCUT2D eigenvalue weighted by Crippen LogP contribution is 2.52. The Morgan fingerprint density at radius 2 is 1.69 bits per heavy atom. The van der Waals surface area contributed by atoms with Crippen molar-refractivity contribution in [2.24, 2.45) is 5.92 Å². The van der Waals surface area contributed by atoms with Gasteiger partial charge in [-0.2, -0.15) is 13.2 Å².